The molecule has 9 heteroatoms. The molecule has 0 aliphatic carbocycles. The Morgan fingerprint density at radius 1 is 0.971 bits per heavy atom. The van der Waals surface area contributed by atoms with Crippen LogP contribution in [0.15, 0.2) is 70.4 Å². The van der Waals surface area contributed by atoms with Crippen molar-refractivity contribution in [2.75, 3.05) is 11.8 Å². The van der Waals surface area contributed by atoms with Crippen LogP contribution in [0.2, 0.25) is 0 Å². The van der Waals surface area contributed by atoms with Gasteiger partial charge in [-0.15, -0.1) is 0 Å². The van der Waals surface area contributed by atoms with Crippen LogP contribution in [-0.2, 0) is 21.8 Å². The summed E-state index contributed by atoms with van der Waals surface area (Å²) in [5.74, 6) is -0.360. The van der Waals surface area contributed by atoms with E-state index in [0.717, 1.165) is 22.0 Å². The van der Waals surface area contributed by atoms with Crippen LogP contribution in [0, 0.1) is 6.92 Å². The molecule has 0 radical (unpaired) electrons. The summed E-state index contributed by atoms with van der Waals surface area (Å²) < 4.78 is 36.7. The number of ether oxygens (including phenoxy) is 1. The normalized spacial score (nSPS) is 11.7. The van der Waals surface area contributed by atoms with Gasteiger partial charge in [0.2, 0.25) is 0 Å². The smallest absolute Gasteiger partial charge is 0.337 e. The Labute approximate surface area is 203 Å². The first-order chi connectivity index (χ1) is 16.5. The summed E-state index contributed by atoms with van der Waals surface area (Å²) in [6.45, 7) is 5.84. The highest BCUT2D eigenvalue weighted by Crippen LogP contribution is 2.24. The number of nitrogens with one attached hydrogen (secondary N) is 1. The van der Waals surface area contributed by atoms with Gasteiger partial charge in [0.1, 0.15) is 0 Å². The number of carbonyl (C=O) groups excluding carboxylic acids is 1. The summed E-state index contributed by atoms with van der Waals surface area (Å²) in [6.07, 6.45) is 0. The fourth-order valence-corrected chi connectivity index (χ4v) is 5.27. The molecule has 182 valence electrons. The first-order valence-corrected chi connectivity index (χ1v) is 12.6. The fourth-order valence-electron chi connectivity index (χ4n) is 4.22. The van der Waals surface area contributed by atoms with Gasteiger partial charge >= 0.3 is 5.97 Å². The monoisotopic (exact) mass is 493 g/mol. The first-order valence-electron chi connectivity index (χ1n) is 11.1. The van der Waals surface area contributed by atoms with Gasteiger partial charge in [0, 0.05) is 24.0 Å². The number of sulfonamides is 1. The van der Waals surface area contributed by atoms with Gasteiger partial charge in [-0.3, -0.25) is 14.2 Å². The number of benzene rings is 3. The number of carbonyl (C=O) groups is 1. The molecule has 0 amide bonds. The zero-order valence-corrected chi connectivity index (χ0v) is 21.0. The molecular weight excluding hydrogens is 466 g/mol. The van der Waals surface area contributed by atoms with Crippen molar-refractivity contribution in [3.8, 4) is 5.69 Å². The van der Waals surface area contributed by atoms with Crippen molar-refractivity contribution in [3.05, 3.63) is 87.8 Å². The predicted octanol–water partition coefficient (Wildman–Crippen LogP) is 4.35. The van der Waals surface area contributed by atoms with Gasteiger partial charge in [-0.25, -0.2) is 17.9 Å². The summed E-state index contributed by atoms with van der Waals surface area (Å²) in [5.41, 5.74) is 2.89. The topological polar surface area (TPSA) is 99.4 Å². The minimum atomic E-state index is -3.86. The molecule has 1 N–H and O–H groups in total. The van der Waals surface area contributed by atoms with Gasteiger partial charge in [-0.2, -0.15) is 0 Å². The first kappa shape index (κ1) is 24.3. The van der Waals surface area contributed by atoms with Crippen molar-refractivity contribution in [2.24, 2.45) is 7.05 Å². The van der Waals surface area contributed by atoms with Gasteiger partial charge < -0.3 is 4.74 Å². The third kappa shape index (κ3) is 4.46. The summed E-state index contributed by atoms with van der Waals surface area (Å²) in [4.78, 5) is 24.8. The molecular formula is C26H27N3O5S. The minimum absolute atomic E-state index is 0.0745. The number of methoxy groups -OCH3 is 1. The lowest BCUT2D eigenvalue weighted by molar-refractivity contribution is 0.0601. The van der Waals surface area contributed by atoms with E-state index in [9.17, 15) is 18.0 Å². The second-order valence-electron chi connectivity index (χ2n) is 8.66. The van der Waals surface area contributed by atoms with Crippen molar-refractivity contribution < 1.29 is 17.9 Å². The van der Waals surface area contributed by atoms with Gasteiger partial charge in [-0.1, -0.05) is 26.0 Å². The molecule has 0 fully saturated rings. The fraction of sp³-hybridized carbons (Fsp3) is 0.231. The summed E-state index contributed by atoms with van der Waals surface area (Å²) in [6, 6.07) is 16.3. The molecule has 0 spiro atoms. The lowest BCUT2D eigenvalue weighted by Crippen LogP contribution is -2.21. The lowest BCUT2D eigenvalue weighted by Gasteiger charge is -2.12. The number of hydrogen-bond acceptors (Lipinski definition) is 5. The maximum absolute atomic E-state index is 13.0. The predicted molar refractivity (Wildman–Crippen MR) is 136 cm³/mol. The summed E-state index contributed by atoms with van der Waals surface area (Å²) in [7, 11) is -0.735. The number of esters is 1. The van der Waals surface area contributed by atoms with Gasteiger partial charge in [0.05, 0.1) is 23.3 Å². The highest BCUT2D eigenvalue weighted by Gasteiger charge is 2.20. The molecule has 0 saturated heterocycles. The Morgan fingerprint density at radius 2 is 1.60 bits per heavy atom. The molecule has 0 atom stereocenters. The molecule has 1 aromatic heterocycles. The lowest BCUT2D eigenvalue weighted by atomic mass is 10.0. The van der Waals surface area contributed by atoms with E-state index in [2.05, 4.69) is 4.72 Å². The molecule has 3 aromatic carbocycles. The number of aromatic nitrogens is 2. The molecule has 0 unspecified atom stereocenters. The van der Waals surface area contributed by atoms with E-state index in [0.29, 0.717) is 16.9 Å². The molecule has 0 bridgehead atoms. The van der Waals surface area contributed by atoms with Gasteiger partial charge in [-0.05, 0) is 72.1 Å². The van der Waals surface area contributed by atoms with Crippen molar-refractivity contribution in [1.82, 2.24) is 9.36 Å². The van der Waals surface area contributed by atoms with Crippen LogP contribution in [-0.4, -0.2) is 30.9 Å². The van der Waals surface area contributed by atoms with Crippen LogP contribution in [0.25, 0.3) is 16.5 Å². The van der Waals surface area contributed by atoms with Gasteiger partial charge in [0.25, 0.3) is 15.6 Å². The number of nitrogens with zero attached hydrogens (tertiary/aromatic N) is 2. The van der Waals surface area contributed by atoms with E-state index in [1.54, 1.807) is 57.9 Å². The maximum atomic E-state index is 13.0. The molecule has 4 rings (SSSR count). The summed E-state index contributed by atoms with van der Waals surface area (Å²) >= 11 is 0. The van der Waals surface area contributed by atoms with E-state index in [-0.39, 0.29) is 16.4 Å². The average Bonchev–Trinajstić information content (AvgIpc) is 3.05. The van der Waals surface area contributed by atoms with E-state index in [1.165, 1.54) is 19.2 Å². The van der Waals surface area contributed by atoms with Crippen LogP contribution >= 0.6 is 0 Å². The third-order valence-electron chi connectivity index (χ3n) is 6.08. The van der Waals surface area contributed by atoms with Crippen LogP contribution in [0.4, 0.5) is 5.69 Å². The van der Waals surface area contributed by atoms with Crippen LogP contribution in [0.5, 0.6) is 0 Å². The van der Waals surface area contributed by atoms with E-state index >= 15 is 0 Å². The van der Waals surface area contributed by atoms with Crippen molar-refractivity contribution in [2.45, 2.75) is 31.6 Å². The summed E-state index contributed by atoms with van der Waals surface area (Å²) in [5, 5.41) is 1.55. The van der Waals surface area contributed by atoms with E-state index in [4.69, 9.17) is 4.74 Å². The van der Waals surface area contributed by atoms with Crippen LogP contribution < -0.4 is 10.3 Å². The minimum Gasteiger partial charge on any atom is -0.465 e. The molecule has 4 aromatic rings. The Hall–Kier alpha value is -3.85. The number of fused-ring (bicyclic) bond motifs is 1. The molecule has 0 aliphatic heterocycles. The number of rotatable bonds is 6. The Morgan fingerprint density at radius 3 is 2.20 bits per heavy atom. The quantitative estimate of drug-likeness (QED) is 0.403. The molecule has 0 saturated carbocycles. The number of anilines is 1. The Balaban J connectivity index is 1.62. The molecule has 8 nitrogen and oxygen atoms in total. The second-order valence-corrected chi connectivity index (χ2v) is 10.3. The zero-order chi connectivity index (χ0) is 25.5. The van der Waals surface area contributed by atoms with Crippen molar-refractivity contribution in [3.63, 3.8) is 0 Å². The Kier molecular flexibility index (Phi) is 6.29. The van der Waals surface area contributed by atoms with Gasteiger partial charge in [0.15, 0.2) is 0 Å². The molecule has 1 heterocycles. The van der Waals surface area contributed by atoms with E-state index < -0.39 is 16.0 Å². The largest absolute Gasteiger partial charge is 0.465 e. The molecule has 0 aliphatic rings. The van der Waals surface area contributed by atoms with Crippen LogP contribution in [0.1, 0.15) is 41.4 Å². The third-order valence-corrected chi connectivity index (χ3v) is 7.48. The average molecular weight is 494 g/mol. The highest BCUT2D eigenvalue weighted by atomic mass is 32.2. The van der Waals surface area contributed by atoms with Crippen molar-refractivity contribution in [1.29, 1.82) is 0 Å². The maximum Gasteiger partial charge on any atom is 0.337 e. The number of hydrogen-bond donors (Lipinski definition) is 1. The Bertz CT molecular complexity index is 1600. The standard InChI is InChI=1S/C26H27N3O5S/c1-16(2)24-17(3)28(4)29(25(24)30)22-10-12-23(13-11-22)35(32,33)27-21-9-8-18-14-20(26(31)34-5)7-6-19(18)15-21/h6-16,27H,1-5H3. The second kappa shape index (κ2) is 9.07. The highest BCUT2D eigenvalue weighted by molar-refractivity contribution is 7.92. The van der Waals surface area contributed by atoms with E-state index in [1.807, 2.05) is 27.8 Å². The van der Waals surface area contributed by atoms with Crippen molar-refractivity contribution >= 4 is 32.5 Å². The SMILES string of the molecule is COC(=O)c1ccc2cc(NS(=O)(=O)c3ccc(-n4c(=O)c(C(C)C)c(C)n4C)cc3)ccc2c1. The zero-order valence-electron chi connectivity index (χ0n) is 20.2. The molecule has 35 heavy (non-hydrogen) atoms. The van der Waals surface area contributed by atoms with Crippen LogP contribution in [0.3, 0.4) is 0 Å².